The lowest BCUT2D eigenvalue weighted by molar-refractivity contribution is -0.0514. The van der Waals surface area contributed by atoms with Crippen LogP contribution in [0, 0.1) is 5.92 Å². The molecule has 16 heavy (non-hydrogen) atoms. The lowest BCUT2D eigenvalue weighted by Crippen LogP contribution is -2.20. The molecule has 1 aromatic rings. The van der Waals surface area contributed by atoms with Crippen molar-refractivity contribution in [1.82, 2.24) is 0 Å². The van der Waals surface area contributed by atoms with Crippen LogP contribution in [0.2, 0.25) is 5.02 Å². The maximum atomic E-state index is 13.7. The molecule has 1 aromatic carbocycles. The van der Waals surface area contributed by atoms with Crippen LogP contribution in [-0.2, 0) is 5.92 Å². The van der Waals surface area contributed by atoms with Gasteiger partial charge in [0.25, 0.3) is 5.92 Å². The molecule has 0 radical (unpaired) electrons. The van der Waals surface area contributed by atoms with Gasteiger partial charge >= 0.3 is 0 Å². The van der Waals surface area contributed by atoms with Gasteiger partial charge in [-0.15, -0.1) is 0 Å². The zero-order chi connectivity index (χ0) is 12.3. The van der Waals surface area contributed by atoms with Crippen LogP contribution in [0.5, 0.6) is 5.75 Å². The Morgan fingerprint density at radius 1 is 1.38 bits per heavy atom. The van der Waals surface area contributed by atoms with E-state index in [2.05, 4.69) is 0 Å². The molecule has 0 amide bonds. The van der Waals surface area contributed by atoms with Crippen LogP contribution in [0.1, 0.15) is 26.3 Å². The second-order valence-electron chi connectivity index (χ2n) is 3.86. The zero-order valence-corrected chi connectivity index (χ0v) is 10.3. The summed E-state index contributed by atoms with van der Waals surface area (Å²) in [7, 11) is 0. The molecule has 0 aliphatic carbocycles. The zero-order valence-electron chi connectivity index (χ0n) is 9.56. The largest absolute Gasteiger partial charge is 0.492 e. The van der Waals surface area contributed by atoms with E-state index in [0.29, 0.717) is 12.4 Å². The number of rotatable bonds is 4. The molecule has 0 heterocycles. The first-order chi connectivity index (χ1) is 7.39. The molecule has 0 aliphatic heterocycles. The predicted molar refractivity (Wildman–Crippen MR) is 61.4 cm³/mol. The molecule has 0 spiro atoms. The van der Waals surface area contributed by atoms with E-state index in [0.717, 1.165) is 0 Å². The fourth-order valence-corrected chi connectivity index (χ4v) is 1.55. The van der Waals surface area contributed by atoms with Crippen LogP contribution in [0.25, 0.3) is 0 Å². The average Bonchev–Trinajstić information content (AvgIpc) is 2.21. The third-order valence-corrected chi connectivity index (χ3v) is 2.64. The minimum absolute atomic E-state index is 0.0732. The number of halogens is 3. The molecule has 1 nitrogen and oxygen atoms in total. The normalized spacial score (nSPS) is 11.9. The van der Waals surface area contributed by atoms with E-state index in [9.17, 15) is 8.78 Å². The molecule has 0 aliphatic rings. The van der Waals surface area contributed by atoms with Crippen LogP contribution < -0.4 is 4.74 Å². The first-order valence-corrected chi connectivity index (χ1v) is 5.58. The molecule has 4 heteroatoms. The third kappa shape index (κ3) is 2.64. The van der Waals surface area contributed by atoms with E-state index >= 15 is 0 Å². The van der Waals surface area contributed by atoms with Gasteiger partial charge in [0.05, 0.1) is 11.6 Å². The highest BCUT2D eigenvalue weighted by atomic mass is 35.5. The van der Waals surface area contributed by atoms with Gasteiger partial charge in [-0.2, -0.15) is 0 Å². The van der Waals surface area contributed by atoms with E-state index in [1.54, 1.807) is 0 Å². The van der Waals surface area contributed by atoms with E-state index in [-0.39, 0.29) is 10.6 Å². The minimum atomic E-state index is -2.87. The summed E-state index contributed by atoms with van der Waals surface area (Å²) in [5.41, 5.74) is -0.0732. The van der Waals surface area contributed by atoms with Gasteiger partial charge in [0.2, 0.25) is 0 Å². The Kier molecular flexibility index (Phi) is 4.14. The molecule has 90 valence electrons. The topological polar surface area (TPSA) is 9.23 Å². The molecule has 0 atom stereocenters. The highest BCUT2D eigenvalue weighted by molar-refractivity contribution is 6.32. The maximum absolute atomic E-state index is 13.7. The summed E-state index contributed by atoms with van der Waals surface area (Å²) in [6.07, 6.45) is 0. The Morgan fingerprint density at radius 2 is 2.00 bits per heavy atom. The van der Waals surface area contributed by atoms with Crippen molar-refractivity contribution in [1.29, 1.82) is 0 Å². The van der Waals surface area contributed by atoms with Gasteiger partial charge in [-0.25, -0.2) is 8.78 Å². The summed E-state index contributed by atoms with van der Waals surface area (Å²) in [5.74, 6) is -3.19. The summed E-state index contributed by atoms with van der Waals surface area (Å²) < 4.78 is 32.5. The van der Waals surface area contributed by atoms with E-state index < -0.39 is 11.8 Å². The summed E-state index contributed by atoms with van der Waals surface area (Å²) in [4.78, 5) is 0. The maximum Gasteiger partial charge on any atom is 0.275 e. The SMILES string of the molecule is CCOc1ccc(C(F)(F)C(C)C)cc1Cl. The predicted octanol–water partition coefficient (Wildman–Crippen LogP) is 4.49. The summed E-state index contributed by atoms with van der Waals surface area (Å²) in [6.45, 7) is 5.22. The number of hydrogen-bond donors (Lipinski definition) is 0. The van der Waals surface area contributed by atoms with E-state index in [1.165, 1.54) is 32.0 Å². The molecule has 0 fully saturated rings. The van der Waals surface area contributed by atoms with Crippen molar-refractivity contribution in [3.63, 3.8) is 0 Å². The van der Waals surface area contributed by atoms with Crippen molar-refractivity contribution >= 4 is 11.6 Å². The molecule has 0 N–H and O–H groups in total. The fraction of sp³-hybridized carbons (Fsp3) is 0.500. The average molecular weight is 249 g/mol. The smallest absolute Gasteiger partial charge is 0.275 e. The Bertz CT molecular complexity index is 364. The van der Waals surface area contributed by atoms with Gasteiger partial charge in [-0.3, -0.25) is 0 Å². The molecule has 0 saturated heterocycles. The summed E-state index contributed by atoms with van der Waals surface area (Å²) in [6, 6.07) is 4.11. The molecular formula is C12H15ClF2O. The minimum Gasteiger partial charge on any atom is -0.492 e. The van der Waals surface area contributed by atoms with Gasteiger partial charge < -0.3 is 4.74 Å². The van der Waals surface area contributed by atoms with Crippen LogP contribution in [0.3, 0.4) is 0 Å². The van der Waals surface area contributed by atoms with E-state index in [1.807, 2.05) is 6.92 Å². The molecule has 0 aromatic heterocycles. The van der Waals surface area contributed by atoms with Gasteiger partial charge in [-0.1, -0.05) is 25.4 Å². The van der Waals surface area contributed by atoms with Crippen molar-refractivity contribution in [3.8, 4) is 5.75 Å². The number of benzene rings is 1. The van der Waals surface area contributed by atoms with Crippen LogP contribution >= 0.6 is 11.6 Å². The lowest BCUT2D eigenvalue weighted by Gasteiger charge is -2.21. The first kappa shape index (κ1) is 13.2. The number of hydrogen-bond acceptors (Lipinski definition) is 1. The summed E-state index contributed by atoms with van der Waals surface area (Å²) >= 11 is 5.86. The number of alkyl halides is 2. The molecular weight excluding hydrogens is 234 g/mol. The monoisotopic (exact) mass is 248 g/mol. The highest BCUT2D eigenvalue weighted by Crippen LogP contribution is 2.38. The Labute approximate surface area is 99.4 Å². The van der Waals surface area contributed by atoms with Crippen molar-refractivity contribution in [3.05, 3.63) is 28.8 Å². The third-order valence-electron chi connectivity index (χ3n) is 2.34. The molecule has 0 bridgehead atoms. The van der Waals surface area contributed by atoms with Gasteiger partial charge in [-0.05, 0) is 25.1 Å². The second kappa shape index (κ2) is 5.00. The van der Waals surface area contributed by atoms with Crippen LogP contribution in [0.15, 0.2) is 18.2 Å². The Hall–Kier alpha value is -0.830. The van der Waals surface area contributed by atoms with Crippen molar-refractivity contribution in [2.24, 2.45) is 5.92 Å². The second-order valence-corrected chi connectivity index (χ2v) is 4.26. The van der Waals surface area contributed by atoms with Crippen molar-refractivity contribution < 1.29 is 13.5 Å². The molecule has 1 rings (SSSR count). The summed E-state index contributed by atoms with van der Waals surface area (Å²) in [5, 5.41) is 0.222. The van der Waals surface area contributed by atoms with Crippen molar-refractivity contribution in [2.45, 2.75) is 26.7 Å². The van der Waals surface area contributed by atoms with Crippen LogP contribution in [0.4, 0.5) is 8.78 Å². The Balaban J connectivity index is 3.05. The lowest BCUT2D eigenvalue weighted by atomic mass is 9.98. The molecule has 0 saturated carbocycles. The fourth-order valence-electron chi connectivity index (χ4n) is 1.31. The van der Waals surface area contributed by atoms with Gasteiger partial charge in [0, 0.05) is 11.5 Å². The Morgan fingerprint density at radius 3 is 2.44 bits per heavy atom. The number of ether oxygens (including phenoxy) is 1. The van der Waals surface area contributed by atoms with E-state index in [4.69, 9.17) is 16.3 Å². The molecule has 0 unspecified atom stereocenters. The standard InChI is InChI=1S/C12H15ClF2O/c1-4-16-11-6-5-9(7-10(11)13)12(14,15)8(2)3/h5-8H,4H2,1-3H3. The first-order valence-electron chi connectivity index (χ1n) is 5.20. The quantitative estimate of drug-likeness (QED) is 0.763. The van der Waals surface area contributed by atoms with Gasteiger partial charge in [0.1, 0.15) is 5.75 Å². The van der Waals surface area contributed by atoms with Gasteiger partial charge in [0.15, 0.2) is 0 Å². The highest BCUT2D eigenvalue weighted by Gasteiger charge is 2.35. The van der Waals surface area contributed by atoms with Crippen molar-refractivity contribution in [2.75, 3.05) is 6.61 Å². The van der Waals surface area contributed by atoms with Crippen LogP contribution in [-0.4, -0.2) is 6.61 Å².